The Morgan fingerprint density at radius 3 is 2.93 bits per heavy atom. The lowest BCUT2D eigenvalue weighted by Gasteiger charge is -2.05. The minimum absolute atomic E-state index is 0.00708. The maximum Gasteiger partial charge on any atom is 0.312 e. The van der Waals surface area contributed by atoms with Gasteiger partial charge in [-0.1, -0.05) is 11.6 Å². The van der Waals surface area contributed by atoms with Crippen LogP contribution in [0.25, 0.3) is 6.08 Å². The number of nitrogens with zero attached hydrogens (tertiary/aromatic N) is 3. The Hall–Kier alpha value is -3.39. The van der Waals surface area contributed by atoms with E-state index in [1.165, 1.54) is 36.5 Å². The number of benzene rings is 1. The summed E-state index contributed by atoms with van der Waals surface area (Å²) in [6.45, 7) is -0.00708. The van der Waals surface area contributed by atoms with Crippen LogP contribution in [0.4, 0.5) is 5.69 Å². The lowest BCUT2D eigenvalue weighted by molar-refractivity contribution is -0.385. The maximum atomic E-state index is 12.0. The fraction of sp³-hybridized carbons (Fsp3) is 0.111. The van der Waals surface area contributed by atoms with Crippen LogP contribution in [-0.4, -0.2) is 20.5 Å². The van der Waals surface area contributed by atoms with Crippen molar-refractivity contribution in [2.75, 3.05) is 0 Å². The highest BCUT2D eigenvalue weighted by Gasteiger charge is 2.16. The van der Waals surface area contributed by atoms with E-state index in [4.69, 9.17) is 20.8 Å². The fourth-order valence-electron chi connectivity index (χ4n) is 2.27. The van der Waals surface area contributed by atoms with Crippen LogP contribution in [0.2, 0.25) is 5.02 Å². The Labute approximate surface area is 158 Å². The van der Waals surface area contributed by atoms with Crippen molar-refractivity contribution in [1.29, 1.82) is 0 Å². The van der Waals surface area contributed by atoms with E-state index in [1.54, 1.807) is 30.1 Å². The molecule has 138 valence electrons. The number of hydrogen-bond acceptors (Lipinski definition) is 6. The van der Waals surface area contributed by atoms with Crippen LogP contribution in [0.15, 0.2) is 53.2 Å². The Morgan fingerprint density at radius 1 is 1.41 bits per heavy atom. The highest BCUT2D eigenvalue weighted by atomic mass is 35.5. The van der Waals surface area contributed by atoms with E-state index >= 15 is 0 Å². The smallest absolute Gasteiger partial charge is 0.312 e. The molecule has 0 amide bonds. The van der Waals surface area contributed by atoms with Crippen molar-refractivity contribution in [1.82, 2.24) is 9.78 Å². The Bertz CT molecular complexity index is 1020. The van der Waals surface area contributed by atoms with Crippen LogP contribution >= 0.6 is 11.6 Å². The maximum absolute atomic E-state index is 12.0. The van der Waals surface area contributed by atoms with E-state index < -0.39 is 4.92 Å². The van der Waals surface area contributed by atoms with Gasteiger partial charge in [-0.3, -0.25) is 19.6 Å². The van der Waals surface area contributed by atoms with E-state index in [-0.39, 0.29) is 28.8 Å². The second-order valence-corrected chi connectivity index (χ2v) is 6.00. The van der Waals surface area contributed by atoms with E-state index in [1.807, 2.05) is 0 Å². The first kappa shape index (κ1) is 18.4. The van der Waals surface area contributed by atoms with Crippen LogP contribution in [0, 0.1) is 10.1 Å². The number of carbonyl (C=O) groups excluding carboxylic acids is 1. The molecule has 9 heteroatoms. The van der Waals surface area contributed by atoms with Gasteiger partial charge in [0.15, 0.2) is 11.5 Å². The van der Waals surface area contributed by atoms with Crippen molar-refractivity contribution < 1.29 is 18.9 Å². The van der Waals surface area contributed by atoms with E-state index in [0.29, 0.717) is 17.1 Å². The predicted molar refractivity (Wildman–Crippen MR) is 97.7 cm³/mol. The number of allylic oxidation sites excluding steroid dienone is 1. The van der Waals surface area contributed by atoms with Gasteiger partial charge >= 0.3 is 5.69 Å². The van der Waals surface area contributed by atoms with Gasteiger partial charge in [0.25, 0.3) is 0 Å². The van der Waals surface area contributed by atoms with E-state index in [2.05, 4.69) is 5.10 Å². The van der Waals surface area contributed by atoms with Gasteiger partial charge in [-0.05, 0) is 36.4 Å². The van der Waals surface area contributed by atoms with Crippen molar-refractivity contribution in [3.8, 4) is 5.75 Å². The molecule has 0 bridgehead atoms. The van der Waals surface area contributed by atoms with Gasteiger partial charge in [-0.25, -0.2) is 0 Å². The number of nitro groups is 1. The number of furan rings is 1. The zero-order valence-electron chi connectivity index (χ0n) is 14.2. The molecule has 3 rings (SSSR count). The Morgan fingerprint density at radius 2 is 2.22 bits per heavy atom. The number of nitro benzene ring substituents is 1. The number of hydrogen-bond donors (Lipinski definition) is 0. The molecule has 0 atom stereocenters. The Balaban J connectivity index is 1.64. The molecule has 0 unspecified atom stereocenters. The normalized spacial score (nSPS) is 11.0. The largest absolute Gasteiger partial charge is 0.479 e. The highest BCUT2D eigenvalue weighted by molar-refractivity contribution is 6.30. The topological polar surface area (TPSA) is 100 Å². The van der Waals surface area contributed by atoms with Crippen LogP contribution in [-0.2, 0) is 13.7 Å². The molecular formula is C18H14ClN3O5. The standard InChI is InChI=1S/C18H14ClN3O5/c1-21-10-12(9-20-21)17(23)6-5-14-3-4-15(27-14)11-26-18-7-2-13(19)8-16(18)22(24)25/h2-10H,11H2,1H3/b6-5+. The number of aryl methyl sites for hydroxylation is 1. The van der Waals surface area contributed by atoms with Crippen LogP contribution in [0.1, 0.15) is 21.9 Å². The molecule has 0 spiro atoms. The molecule has 0 aliphatic carbocycles. The summed E-state index contributed by atoms with van der Waals surface area (Å²) >= 11 is 5.77. The molecular weight excluding hydrogens is 374 g/mol. The molecule has 0 fully saturated rings. The van der Waals surface area contributed by atoms with Crippen molar-refractivity contribution in [3.05, 3.63) is 81.0 Å². The fourth-order valence-corrected chi connectivity index (χ4v) is 2.43. The summed E-state index contributed by atoms with van der Waals surface area (Å²) < 4.78 is 12.5. The molecule has 1 aromatic carbocycles. The van der Waals surface area contributed by atoms with E-state index in [0.717, 1.165) is 0 Å². The third-order valence-electron chi connectivity index (χ3n) is 3.56. The highest BCUT2D eigenvalue weighted by Crippen LogP contribution is 2.30. The third kappa shape index (κ3) is 4.62. The number of aromatic nitrogens is 2. The second-order valence-electron chi connectivity index (χ2n) is 5.56. The van der Waals surface area contributed by atoms with Crippen molar-refractivity contribution in [2.45, 2.75) is 6.61 Å². The number of halogens is 1. The number of rotatable bonds is 7. The number of ether oxygens (including phenoxy) is 1. The molecule has 2 heterocycles. The van der Waals surface area contributed by atoms with E-state index in [9.17, 15) is 14.9 Å². The predicted octanol–water partition coefficient (Wildman–Crippen LogP) is 4.05. The summed E-state index contributed by atoms with van der Waals surface area (Å²) in [7, 11) is 1.73. The summed E-state index contributed by atoms with van der Waals surface area (Å²) in [5.74, 6) is 0.794. The summed E-state index contributed by atoms with van der Waals surface area (Å²) in [6.07, 6.45) is 6.01. The molecule has 0 aliphatic rings. The zero-order chi connectivity index (χ0) is 19.4. The first-order valence-corrected chi connectivity index (χ1v) is 8.16. The summed E-state index contributed by atoms with van der Waals surface area (Å²) in [5, 5.41) is 15.2. The Kier molecular flexibility index (Phi) is 5.37. The quantitative estimate of drug-likeness (QED) is 0.262. The molecule has 8 nitrogen and oxygen atoms in total. The monoisotopic (exact) mass is 387 g/mol. The lowest BCUT2D eigenvalue weighted by Crippen LogP contribution is -1.98. The van der Waals surface area contributed by atoms with Gasteiger partial charge in [0.1, 0.15) is 18.1 Å². The van der Waals surface area contributed by atoms with Gasteiger partial charge in [-0.15, -0.1) is 0 Å². The van der Waals surface area contributed by atoms with Crippen molar-refractivity contribution in [2.24, 2.45) is 7.05 Å². The summed E-state index contributed by atoms with van der Waals surface area (Å²) in [5.41, 5.74) is 0.246. The molecule has 0 N–H and O–H groups in total. The van der Waals surface area contributed by atoms with Gasteiger partial charge in [0.05, 0.1) is 16.7 Å². The van der Waals surface area contributed by atoms with Crippen LogP contribution in [0.3, 0.4) is 0 Å². The van der Waals surface area contributed by atoms with Gasteiger partial charge in [0.2, 0.25) is 0 Å². The van der Waals surface area contributed by atoms with Crippen LogP contribution < -0.4 is 4.74 Å². The zero-order valence-corrected chi connectivity index (χ0v) is 14.9. The molecule has 0 saturated carbocycles. The molecule has 2 aromatic heterocycles. The minimum atomic E-state index is -0.568. The van der Waals surface area contributed by atoms with Gasteiger partial charge in [0, 0.05) is 24.3 Å². The van der Waals surface area contributed by atoms with Crippen molar-refractivity contribution in [3.63, 3.8) is 0 Å². The SMILES string of the molecule is Cn1cc(C(=O)/C=C/c2ccc(COc3ccc(Cl)cc3[N+](=O)[O-])o2)cn1. The van der Waals surface area contributed by atoms with Crippen LogP contribution in [0.5, 0.6) is 5.75 Å². The molecule has 0 aliphatic heterocycles. The molecule has 0 saturated heterocycles. The molecule has 27 heavy (non-hydrogen) atoms. The minimum Gasteiger partial charge on any atom is -0.479 e. The summed E-state index contributed by atoms with van der Waals surface area (Å²) in [4.78, 5) is 22.5. The lowest BCUT2D eigenvalue weighted by atomic mass is 10.2. The van der Waals surface area contributed by atoms with Gasteiger partial charge < -0.3 is 9.15 Å². The molecule has 3 aromatic rings. The molecule has 0 radical (unpaired) electrons. The van der Waals surface area contributed by atoms with Gasteiger partial charge in [-0.2, -0.15) is 5.10 Å². The second kappa shape index (κ2) is 7.88. The first-order chi connectivity index (χ1) is 12.9. The number of ketones is 1. The average Bonchev–Trinajstić information content (AvgIpc) is 3.27. The van der Waals surface area contributed by atoms with Crippen molar-refractivity contribution >= 4 is 29.1 Å². The third-order valence-corrected chi connectivity index (χ3v) is 3.79. The number of carbonyl (C=O) groups is 1. The average molecular weight is 388 g/mol. The summed E-state index contributed by atoms with van der Waals surface area (Å²) in [6, 6.07) is 7.48. The first-order valence-electron chi connectivity index (χ1n) is 7.79.